The summed E-state index contributed by atoms with van der Waals surface area (Å²) in [7, 11) is 4.12. The van der Waals surface area contributed by atoms with Crippen LogP contribution in [0.15, 0.2) is 24.3 Å². The Hall–Kier alpha value is -1.35. The molecule has 3 nitrogen and oxygen atoms in total. The molecule has 2 fully saturated rings. The Morgan fingerprint density at radius 1 is 1.11 bits per heavy atom. The second-order valence-corrected chi connectivity index (χ2v) is 6.07. The van der Waals surface area contributed by atoms with E-state index in [1.54, 1.807) is 0 Å². The first-order valence-electron chi connectivity index (χ1n) is 7.17. The molecular formula is C16H22N2O. The second-order valence-electron chi connectivity index (χ2n) is 6.07. The summed E-state index contributed by atoms with van der Waals surface area (Å²) in [5.74, 6) is 0.465. The van der Waals surface area contributed by atoms with Crippen molar-refractivity contribution in [1.29, 1.82) is 0 Å². The summed E-state index contributed by atoms with van der Waals surface area (Å²) in [6.45, 7) is 0.996. The first-order valence-corrected chi connectivity index (χ1v) is 7.17. The van der Waals surface area contributed by atoms with Gasteiger partial charge in [0.2, 0.25) is 0 Å². The Morgan fingerprint density at radius 3 is 2.21 bits per heavy atom. The highest BCUT2D eigenvalue weighted by Gasteiger charge is 2.39. The zero-order valence-electron chi connectivity index (χ0n) is 11.8. The van der Waals surface area contributed by atoms with E-state index in [9.17, 15) is 4.79 Å². The average Bonchev–Trinajstić information content (AvgIpc) is 2.62. The molecule has 0 N–H and O–H groups in total. The minimum Gasteiger partial charge on any atom is -0.378 e. The van der Waals surface area contributed by atoms with Crippen molar-refractivity contribution < 1.29 is 4.79 Å². The van der Waals surface area contributed by atoms with Crippen molar-refractivity contribution in [2.24, 2.45) is 0 Å². The van der Waals surface area contributed by atoms with E-state index in [1.807, 2.05) is 0 Å². The maximum Gasteiger partial charge on any atom is 0.136 e. The third kappa shape index (κ3) is 2.52. The van der Waals surface area contributed by atoms with Crippen molar-refractivity contribution in [3.63, 3.8) is 0 Å². The molecule has 2 heterocycles. The number of hydrogen-bond donors (Lipinski definition) is 0. The molecule has 19 heavy (non-hydrogen) atoms. The molecule has 0 radical (unpaired) electrons. The van der Waals surface area contributed by atoms with Crippen LogP contribution >= 0.6 is 0 Å². The molecular weight excluding hydrogens is 236 g/mol. The molecule has 2 saturated heterocycles. The van der Waals surface area contributed by atoms with E-state index in [4.69, 9.17) is 0 Å². The fraction of sp³-hybridized carbons (Fsp3) is 0.562. The molecule has 0 spiro atoms. The van der Waals surface area contributed by atoms with Gasteiger partial charge in [0, 0.05) is 51.3 Å². The van der Waals surface area contributed by atoms with Crippen molar-refractivity contribution in [1.82, 2.24) is 4.90 Å². The summed E-state index contributed by atoms with van der Waals surface area (Å²) in [5.41, 5.74) is 2.59. The molecule has 2 bridgehead atoms. The van der Waals surface area contributed by atoms with E-state index in [0.29, 0.717) is 17.9 Å². The van der Waals surface area contributed by atoms with E-state index in [-0.39, 0.29) is 0 Å². The van der Waals surface area contributed by atoms with Gasteiger partial charge in [-0.25, -0.2) is 0 Å². The number of piperidine rings is 1. The Balaban J connectivity index is 1.70. The van der Waals surface area contributed by atoms with Crippen LogP contribution in [0.1, 0.15) is 31.2 Å². The zero-order valence-corrected chi connectivity index (χ0v) is 11.8. The van der Waals surface area contributed by atoms with Crippen LogP contribution in [0, 0.1) is 0 Å². The first-order chi connectivity index (χ1) is 9.13. The highest BCUT2D eigenvalue weighted by molar-refractivity contribution is 5.80. The lowest BCUT2D eigenvalue weighted by Crippen LogP contribution is -2.42. The summed E-state index contributed by atoms with van der Waals surface area (Å²) in [5, 5.41) is 0. The molecule has 0 aliphatic carbocycles. The lowest BCUT2D eigenvalue weighted by molar-refractivity contribution is -0.123. The van der Waals surface area contributed by atoms with E-state index >= 15 is 0 Å². The molecule has 2 aliphatic heterocycles. The zero-order chi connectivity index (χ0) is 13.4. The van der Waals surface area contributed by atoms with Crippen LogP contribution in [0.3, 0.4) is 0 Å². The predicted octanol–water partition coefficient (Wildman–Crippen LogP) is 2.45. The van der Waals surface area contributed by atoms with Gasteiger partial charge in [-0.2, -0.15) is 0 Å². The molecule has 0 aromatic heterocycles. The average molecular weight is 258 g/mol. The van der Waals surface area contributed by atoms with Crippen LogP contribution < -0.4 is 4.90 Å². The van der Waals surface area contributed by atoms with Crippen molar-refractivity contribution >= 4 is 11.5 Å². The summed E-state index contributed by atoms with van der Waals surface area (Å²) in [4.78, 5) is 16.3. The number of benzene rings is 1. The van der Waals surface area contributed by atoms with E-state index in [2.05, 4.69) is 48.2 Å². The third-order valence-corrected chi connectivity index (χ3v) is 4.52. The SMILES string of the molecule is CN(C)c1ccc(CN2C3CCC2CC(=O)C3)cc1. The molecule has 0 amide bonds. The van der Waals surface area contributed by atoms with Gasteiger partial charge >= 0.3 is 0 Å². The molecule has 102 valence electrons. The Kier molecular flexibility index (Phi) is 3.31. The number of fused-ring (bicyclic) bond motifs is 2. The second kappa shape index (κ2) is 4.97. The number of nitrogens with zero attached hydrogens (tertiary/aromatic N) is 2. The number of anilines is 1. The summed E-state index contributed by atoms with van der Waals surface area (Å²) < 4.78 is 0. The quantitative estimate of drug-likeness (QED) is 0.832. The van der Waals surface area contributed by atoms with Crippen LogP contribution in [0.5, 0.6) is 0 Å². The maximum absolute atomic E-state index is 11.6. The Morgan fingerprint density at radius 2 is 1.68 bits per heavy atom. The standard InChI is InChI=1S/C16H22N2O/c1-17(2)13-5-3-12(4-6-13)11-18-14-7-8-15(18)10-16(19)9-14/h3-6,14-15H,7-11H2,1-2H3. The topological polar surface area (TPSA) is 23.6 Å². The van der Waals surface area contributed by atoms with Gasteiger partial charge in [0.1, 0.15) is 5.78 Å². The number of rotatable bonds is 3. The van der Waals surface area contributed by atoms with E-state index < -0.39 is 0 Å². The van der Waals surface area contributed by atoms with E-state index in [0.717, 1.165) is 19.4 Å². The lowest BCUT2D eigenvalue weighted by Gasteiger charge is -2.34. The Labute approximate surface area is 115 Å². The number of hydrogen-bond acceptors (Lipinski definition) is 3. The highest BCUT2D eigenvalue weighted by Crippen LogP contribution is 2.35. The molecule has 2 atom stereocenters. The largest absolute Gasteiger partial charge is 0.378 e. The van der Waals surface area contributed by atoms with E-state index in [1.165, 1.54) is 24.1 Å². The normalized spacial score (nSPS) is 26.7. The smallest absolute Gasteiger partial charge is 0.136 e. The van der Waals surface area contributed by atoms with Crippen LogP contribution in [0.25, 0.3) is 0 Å². The number of ketones is 1. The van der Waals surface area contributed by atoms with Crippen molar-refractivity contribution in [3.05, 3.63) is 29.8 Å². The van der Waals surface area contributed by atoms with Gasteiger partial charge in [0.15, 0.2) is 0 Å². The van der Waals surface area contributed by atoms with Crippen LogP contribution in [-0.2, 0) is 11.3 Å². The number of carbonyl (C=O) groups is 1. The lowest BCUT2D eigenvalue weighted by atomic mass is 10.0. The van der Waals surface area contributed by atoms with Gasteiger partial charge in [-0.3, -0.25) is 9.69 Å². The van der Waals surface area contributed by atoms with Gasteiger partial charge in [-0.05, 0) is 30.5 Å². The summed E-state index contributed by atoms with van der Waals surface area (Å²) in [6, 6.07) is 9.77. The minimum atomic E-state index is 0.465. The van der Waals surface area contributed by atoms with Crippen molar-refractivity contribution in [3.8, 4) is 0 Å². The summed E-state index contributed by atoms with van der Waals surface area (Å²) >= 11 is 0. The molecule has 1 aromatic carbocycles. The van der Waals surface area contributed by atoms with Gasteiger partial charge in [0.25, 0.3) is 0 Å². The Bertz CT molecular complexity index is 450. The first kappa shape index (κ1) is 12.7. The molecule has 3 rings (SSSR count). The van der Waals surface area contributed by atoms with Gasteiger partial charge < -0.3 is 4.90 Å². The van der Waals surface area contributed by atoms with Crippen LogP contribution in [-0.4, -0.2) is 36.9 Å². The third-order valence-electron chi connectivity index (χ3n) is 4.52. The highest BCUT2D eigenvalue weighted by atomic mass is 16.1. The maximum atomic E-state index is 11.6. The molecule has 3 heteroatoms. The van der Waals surface area contributed by atoms with Gasteiger partial charge in [0.05, 0.1) is 0 Å². The number of carbonyl (C=O) groups excluding carboxylic acids is 1. The summed E-state index contributed by atoms with van der Waals surface area (Å²) in [6.07, 6.45) is 3.94. The van der Waals surface area contributed by atoms with Gasteiger partial charge in [-0.15, -0.1) is 0 Å². The van der Waals surface area contributed by atoms with Gasteiger partial charge in [-0.1, -0.05) is 12.1 Å². The molecule has 2 unspecified atom stereocenters. The fourth-order valence-corrected chi connectivity index (χ4v) is 3.43. The predicted molar refractivity (Wildman–Crippen MR) is 77.4 cm³/mol. The molecule has 1 aromatic rings. The van der Waals surface area contributed by atoms with Crippen molar-refractivity contribution in [2.45, 2.75) is 44.3 Å². The van der Waals surface area contributed by atoms with Crippen LogP contribution in [0.2, 0.25) is 0 Å². The van der Waals surface area contributed by atoms with Crippen LogP contribution in [0.4, 0.5) is 5.69 Å². The molecule has 0 saturated carbocycles. The minimum absolute atomic E-state index is 0.465. The monoisotopic (exact) mass is 258 g/mol. The van der Waals surface area contributed by atoms with Crippen molar-refractivity contribution in [2.75, 3.05) is 19.0 Å². The molecule has 2 aliphatic rings. The fourth-order valence-electron chi connectivity index (χ4n) is 3.43. The number of Topliss-reactive ketones (excluding diaryl/α,β-unsaturated/α-hetero) is 1.